The summed E-state index contributed by atoms with van der Waals surface area (Å²) in [5.41, 5.74) is 1.57. The molecule has 0 fully saturated rings. The maximum absolute atomic E-state index is 12.4. The summed E-state index contributed by atoms with van der Waals surface area (Å²) in [4.78, 5) is 16.7. The maximum atomic E-state index is 12.4. The Morgan fingerprint density at radius 3 is 2.41 bits per heavy atom. The van der Waals surface area contributed by atoms with Crippen molar-refractivity contribution in [2.24, 2.45) is 4.99 Å². The molecule has 0 spiro atoms. The zero-order valence-electron chi connectivity index (χ0n) is 17.3. The van der Waals surface area contributed by atoms with E-state index >= 15 is 0 Å². The van der Waals surface area contributed by atoms with Gasteiger partial charge in [0, 0.05) is 15.6 Å². The first-order valence-corrected chi connectivity index (χ1v) is 10.7. The van der Waals surface area contributed by atoms with Crippen LogP contribution in [0.4, 0.5) is 0 Å². The van der Waals surface area contributed by atoms with Gasteiger partial charge in [-0.25, -0.2) is 9.79 Å². The van der Waals surface area contributed by atoms with Crippen LogP contribution in [0.15, 0.2) is 88.0 Å². The summed E-state index contributed by atoms with van der Waals surface area (Å²) < 4.78 is 23.2. The first-order chi connectivity index (χ1) is 15.6. The molecule has 4 rings (SSSR count). The maximum Gasteiger partial charge on any atom is 0.363 e. The summed E-state index contributed by atoms with van der Waals surface area (Å²) in [5, 5.41) is 0. The van der Waals surface area contributed by atoms with Gasteiger partial charge in [-0.2, -0.15) is 0 Å². The number of carbonyl (C=O) groups excluding carboxylic acids is 1. The first-order valence-electron chi connectivity index (χ1n) is 9.89. The molecule has 0 atom stereocenters. The third kappa shape index (κ3) is 5.36. The molecule has 0 unspecified atom stereocenters. The highest BCUT2D eigenvalue weighted by atomic mass is 79.9. The molecule has 0 bridgehead atoms. The topological polar surface area (TPSA) is 66.3 Å². The molecule has 0 N–H and O–H groups in total. The minimum atomic E-state index is -0.517. The minimum absolute atomic E-state index is 0.188. The Balaban J connectivity index is 1.49. The quantitative estimate of drug-likeness (QED) is 0.243. The third-order valence-electron chi connectivity index (χ3n) is 4.57. The fraction of sp³-hybridized carbons (Fsp3) is 0.120. The summed E-state index contributed by atoms with van der Waals surface area (Å²) in [6.45, 7) is 0.684. The van der Waals surface area contributed by atoms with Crippen LogP contribution in [0, 0.1) is 0 Å². The lowest BCUT2D eigenvalue weighted by Crippen LogP contribution is -2.09. The van der Waals surface area contributed by atoms with E-state index in [1.165, 1.54) is 0 Å². The molecule has 3 aromatic rings. The van der Waals surface area contributed by atoms with E-state index in [1.807, 2.05) is 54.6 Å². The van der Waals surface area contributed by atoms with Crippen molar-refractivity contribution in [3.05, 3.63) is 94.1 Å². The van der Waals surface area contributed by atoms with Gasteiger partial charge < -0.3 is 18.9 Å². The molecule has 162 valence electrons. The van der Waals surface area contributed by atoms with Gasteiger partial charge in [-0.3, -0.25) is 0 Å². The van der Waals surface area contributed by atoms with Crippen LogP contribution in [0.1, 0.15) is 11.1 Å². The minimum Gasteiger partial charge on any atom is -0.497 e. The number of hydrogen-bond acceptors (Lipinski definition) is 6. The molecule has 0 saturated carbocycles. The number of halogens is 1. The molecule has 0 aromatic heterocycles. The van der Waals surface area contributed by atoms with Crippen LogP contribution in [0.5, 0.6) is 17.2 Å². The summed E-state index contributed by atoms with van der Waals surface area (Å²) in [6.07, 6.45) is 1.63. The van der Waals surface area contributed by atoms with E-state index in [0.29, 0.717) is 30.3 Å². The van der Waals surface area contributed by atoms with Crippen LogP contribution in [0.3, 0.4) is 0 Å². The van der Waals surface area contributed by atoms with Crippen molar-refractivity contribution in [2.45, 2.75) is 0 Å². The second-order valence-corrected chi connectivity index (χ2v) is 7.67. The van der Waals surface area contributed by atoms with Crippen LogP contribution in [-0.2, 0) is 9.53 Å². The summed E-state index contributed by atoms with van der Waals surface area (Å²) in [6, 6.07) is 22.2. The lowest BCUT2D eigenvalue weighted by Gasteiger charge is -2.12. The van der Waals surface area contributed by atoms with Gasteiger partial charge in [0.25, 0.3) is 0 Å². The highest BCUT2D eigenvalue weighted by Gasteiger charge is 2.24. The number of methoxy groups -OCH3 is 1. The highest BCUT2D eigenvalue weighted by molar-refractivity contribution is 9.10. The van der Waals surface area contributed by atoms with E-state index in [0.717, 1.165) is 15.8 Å². The van der Waals surface area contributed by atoms with Gasteiger partial charge in [0.05, 0.1) is 7.11 Å². The van der Waals surface area contributed by atoms with Crippen molar-refractivity contribution >= 4 is 33.9 Å². The molecule has 1 heterocycles. The highest BCUT2D eigenvalue weighted by Crippen LogP contribution is 2.28. The van der Waals surface area contributed by atoms with Crippen molar-refractivity contribution < 1.29 is 23.7 Å². The lowest BCUT2D eigenvalue weighted by molar-refractivity contribution is -0.129. The van der Waals surface area contributed by atoms with Crippen LogP contribution in [0.25, 0.3) is 6.08 Å². The fourth-order valence-electron chi connectivity index (χ4n) is 3.00. The zero-order chi connectivity index (χ0) is 22.3. The third-order valence-corrected chi connectivity index (χ3v) is 5.10. The number of carbonyl (C=O) groups is 1. The van der Waals surface area contributed by atoms with Gasteiger partial charge in [0.15, 0.2) is 5.70 Å². The van der Waals surface area contributed by atoms with Gasteiger partial charge in [-0.05, 0) is 60.7 Å². The van der Waals surface area contributed by atoms with E-state index in [-0.39, 0.29) is 11.6 Å². The molecule has 0 saturated heterocycles. The normalized spacial score (nSPS) is 14.1. The van der Waals surface area contributed by atoms with Gasteiger partial charge >= 0.3 is 5.97 Å². The monoisotopic (exact) mass is 493 g/mol. The second-order valence-electron chi connectivity index (χ2n) is 6.76. The van der Waals surface area contributed by atoms with Gasteiger partial charge in [-0.1, -0.05) is 34.1 Å². The average molecular weight is 494 g/mol. The first kappa shape index (κ1) is 21.6. The number of benzene rings is 3. The molecule has 7 heteroatoms. The molecule has 0 radical (unpaired) electrons. The fourth-order valence-corrected chi connectivity index (χ4v) is 3.26. The predicted molar refractivity (Wildman–Crippen MR) is 125 cm³/mol. The standard InChI is InChI=1S/C25H20BrNO5/c1-29-21-11-12-23(31-14-13-30-20-9-7-19(26)8-10-20)18(15-21)16-22-25(28)32-24(27-22)17-5-3-2-4-6-17/h2-12,15-16H,13-14H2,1H3/b22-16-. The van der Waals surface area contributed by atoms with Crippen molar-refractivity contribution in [2.75, 3.05) is 20.3 Å². The molecule has 1 aliphatic rings. The number of esters is 1. The number of hydrogen-bond donors (Lipinski definition) is 0. The Morgan fingerprint density at radius 2 is 1.66 bits per heavy atom. The van der Waals surface area contributed by atoms with E-state index in [9.17, 15) is 4.79 Å². The molecular formula is C25H20BrNO5. The van der Waals surface area contributed by atoms with E-state index in [2.05, 4.69) is 20.9 Å². The predicted octanol–water partition coefficient (Wildman–Crippen LogP) is 5.26. The Bertz CT molecular complexity index is 1160. The van der Waals surface area contributed by atoms with Crippen LogP contribution in [0.2, 0.25) is 0 Å². The Labute approximate surface area is 194 Å². The number of ether oxygens (including phenoxy) is 4. The molecular weight excluding hydrogens is 474 g/mol. The van der Waals surface area contributed by atoms with Gasteiger partial charge in [0.1, 0.15) is 30.5 Å². The van der Waals surface area contributed by atoms with Crippen LogP contribution >= 0.6 is 15.9 Å². The van der Waals surface area contributed by atoms with Crippen molar-refractivity contribution in [1.29, 1.82) is 0 Å². The summed E-state index contributed by atoms with van der Waals surface area (Å²) in [5.74, 6) is 1.72. The van der Waals surface area contributed by atoms with Crippen LogP contribution < -0.4 is 14.2 Å². The SMILES string of the molecule is COc1ccc(OCCOc2ccc(Br)cc2)c(/C=C2\N=C(c3ccccc3)OC2=O)c1. The average Bonchev–Trinajstić information content (AvgIpc) is 3.19. The summed E-state index contributed by atoms with van der Waals surface area (Å²) in [7, 11) is 1.58. The largest absolute Gasteiger partial charge is 0.497 e. The molecule has 0 amide bonds. The Morgan fingerprint density at radius 1 is 0.938 bits per heavy atom. The Kier molecular flexibility index (Phi) is 6.87. The molecule has 6 nitrogen and oxygen atoms in total. The second kappa shape index (κ2) is 10.2. The van der Waals surface area contributed by atoms with E-state index in [1.54, 1.807) is 31.4 Å². The molecule has 1 aliphatic heterocycles. The lowest BCUT2D eigenvalue weighted by atomic mass is 10.1. The van der Waals surface area contributed by atoms with E-state index in [4.69, 9.17) is 18.9 Å². The molecule has 0 aliphatic carbocycles. The van der Waals surface area contributed by atoms with Crippen LogP contribution in [-0.4, -0.2) is 32.2 Å². The number of cyclic esters (lactones) is 1. The van der Waals surface area contributed by atoms with Crippen molar-refractivity contribution in [3.63, 3.8) is 0 Å². The smallest absolute Gasteiger partial charge is 0.363 e. The summed E-state index contributed by atoms with van der Waals surface area (Å²) >= 11 is 3.40. The zero-order valence-corrected chi connectivity index (χ0v) is 18.9. The van der Waals surface area contributed by atoms with Gasteiger partial charge in [-0.15, -0.1) is 0 Å². The van der Waals surface area contributed by atoms with Gasteiger partial charge in [0.2, 0.25) is 5.90 Å². The number of nitrogens with zero attached hydrogens (tertiary/aromatic N) is 1. The Hall–Kier alpha value is -3.58. The molecule has 32 heavy (non-hydrogen) atoms. The number of rotatable bonds is 8. The van der Waals surface area contributed by atoms with Crippen molar-refractivity contribution in [1.82, 2.24) is 0 Å². The number of aliphatic imine (C=N–C) groups is 1. The van der Waals surface area contributed by atoms with Crippen molar-refractivity contribution in [3.8, 4) is 17.2 Å². The molecule has 3 aromatic carbocycles. The van der Waals surface area contributed by atoms with E-state index < -0.39 is 5.97 Å².